The van der Waals surface area contributed by atoms with Crippen molar-refractivity contribution in [2.45, 2.75) is 51.2 Å². The second kappa shape index (κ2) is 7.13. The van der Waals surface area contributed by atoms with Gasteiger partial charge in [0.05, 0.1) is 18.2 Å². The van der Waals surface area contributed by atoms with Gasteiger partial charge < -0.3 is 10.4 Å². The highest BCUT2D eigenvalue weighted by molar-refractivity contribution is 6.30. The summed E-state index contributed by atoms with van der Waals surface area (Å²) in [4.78, 5) is 12.5. The van der Waals surface area contributed by atoms with E-state index in [1.807, 2.05) is 0 Å². The molecule has 0 heterocycles. The van der Waals surface area contributed by atoms with E-state index in [9.17, 15) is 15.2 Å². The number of benzene rings is 1. The largest absolute Gasteiger partial charge is 0.386 e. The van der Waals surface area contributed by atoms with Crippen LogP contribution in [0.3, 0.4) is 0 Å². The van der Waals surface area contributed by atoms with E-state index >= 15 is 0 Å². The number of halogens is 1. The van der Waals surface area contributed by atoms with E-state index in [0.717, 1.165) is 19.3 Å². The van der Waals surface area contributed by atoms with Gasteiger partial charge in [0.15, 0.2) is 0 Å². The Morgan fingerprint density at radius 1 is 1.32 bits per heavy atom. The molecule has 1 aromatic rings. The summed E-state index contributed by atoms with van der Waals surface area (Å²) >= 11 is 5.83. The van der Waals surface area contributed by atoms with Gasteiger partial charge in [0.1, 0.15) is 5.41 Å². The lowest BCUT2D eigenvalue weighted by molar-refractivity contribution is -0.131. The fraction of sp³-hybridized carbons (Fsp3) is 0.529. The van der Waals surface area contributed by atoms with Gasteiger partial charge in [-0.1, -0.05) is 43.0 Å². The first-order valence-electron chi connectivity index (χ1n) is 7.64. The van der Waals surface area contributed by atoms with Crippen molar-refractivity contribution in [1.29, 1.82) is 5.26 Å². The molecule has 1 aromatic carbocycles. The van der Waals surface area contributed by atoms with Crippen LogP contribution in [0.2, 0.25) is 5.02 Å². The molecule has 0 spiro atoms. The van der Waals surface area contributed by atoms with Crippen LogP contribution in [0.1, 0.15) is 50.7 Å². The fourth-order valence-electron chi connectivity index (χ4n) is 2.92. The quantitative estimate of drug-likeness (QED) is 0.893. The molecule has 2 rings (SSSR count). The maximum atomic E-state index is 12.5. The zero-order valence-electron chi connectivity index (χ0n) is 12.7. The summed E-state index contributed by atoms with van der Waals surface area (Å²) in [6, 6.07) is 8.59. The Hall–Kier alpha value is -1.57. The molecule has 1 fully saturated rings. The highest BCUT2D eigenvalue weighted by Gasteiger charge is 2.40. The second-order valence-electron chi connectivity index (χ2n) is 6.01. The summed E-state index contributed by atoms with van der Waals surface area (Å²) < 4.78 is 0. The van der Waals surface area contributed by atoms with Crippen LogP contribution < -0.4 is 5.32 Å². The third kappa shape index (κ3) is 3.60. The number of aliphatic hydroxyl groups excluding tert-OH is 1. The van der Waals surface area contributed by atoms with Gasteiger partial charge in [-0.15, -0.1) is 0 Å². The molecule has 1 aliphatic rings. The molecular formula is C17H21ClN2O2. The van der Waals surface area contributed by atoms with E-state index < -0.39 is 17.6 Å². The summed E-state index contributed by atoms with van der Waals surface area (Å²) in [5.41, 5.74) is -0.251. The first kappa shape index (κ1) is 16.8. The monoisotopic (exact) mass is 320 g/mol. The Kier molecular flexibility index (Phi) is 5.44. The van der Waals surface area contributed by atoms with Crippen molar-refractivity contribution >= 4 is 17.5 Å². The van der Waals surface area contributed by atoms with Crippen LogP contribution in [0.5, 0.6) is 0 Å². The van der Waals surface area contributed by atoms with E-state index in [1.165, 1.54) is 0 Å². The number of nitriles is 1. The van der Waals surface area contributed by atoms with Gasteiger partial charge >= 0.3 is 0 Å². The number of hydrogen-bond acceptors (Lipinski definition) is 3. The van der Waals surface area contributed by atoms with Gasteiger partial charge in [0.2, 0.25) is 5.91 Å². The van der Waals surface area contributed by atoms with Crippen LogP contribution in [-0.4, -0.2) is 17.1 Å². The molecule has 118 valence electrons. The smallest absolute Gasteiger partial charge is 0.240 e. The van der Waals surface area contributed by atoms with Gasteiger partial charge in [0, 0.05) is 5.02 Å². The SMILES string of the molecule is CC(NC(=O)C1(C#N)CCCCC1)C(O)c1ccc(Cl)cc1. The molecule has 0 bridgehead atoms. The minimum absolute atomic E-state index is 0.268. The number of amides is 1. The molecule has 5 heteroatoms. The zero-order valence-corrected chi connectivity index (χ0v) is 13.4. The van der Waals surface area contributed by atoms with Gasteiger partial charge in [0.25, 0.3) is 0 Å². The van der Waals surface area contributed by atoms with Gasteiger partial charge in [-0.25, -0.2) is 0 Å². The lowest BCUT2D eigenvalue weighted by Crippen LogP contribution is -2.46. The molecule has 2 unspecified atom stereocenters. The van der Waals surface area contributed by atoms with Crippen molar-refractivity contribution in [3.8, 4) is 6.07 Å². The number of nitrogens with zero attached hydrogens (tertiary/aromatic N) is 1. The predicted molar refractivity (Wildman–Crippen MR) is 85.1 cm³/mol. The van der Waals surface area contributed by atoms with Crippen LogP contribution in [0.25, 0.3) is 0 Å². The average Bonchev–Trinajstić information content (AvgIpc) is 2.55. The summed E-state index contributed by atoms with van der Waals surface area (Å²) in [5, 5.41) is 23.2. The summed E-state index contributed by atoms with van der Waals surface area (Å²) in [7, 11) is 0. The van der Waals surface area contributed by atoms with Crippen molar-refractivity contribution < 1.29 is 9.90 Å². The standard InChI is InChI=1S/C17H21ClN2O2/c1-12(15(21)13-5-7-14(18)8-6-13)20-16(22)17(11-19)9-3-2-4-10-17/h5-8,12,15,21H,2-4,9-10H2,1H3,(H,20,22). The molecule has 1 amide bonds. The highest BCUT2D eigenvalue weighted by Crippen LogP contribution is 2.36. The summed E-state index contributed by atoms with van der Waals surface area (Å²) in [6.07, 6.45) is 3.22. The maximum Gasteiger partial charge on any atom is 0.240 e. The van der Waals surface area contributed by atoms with E-state index in [4.69, 9.17) is 11.6 Å². The number of hydrogen-bond donors (Lipinski definition) is 2. The van der Waals surface area contributed by atoms with Crippen LogP contribution in [0.4, 0.5) is 0 Å². The third-order valence-electron chi connectivity index (χ3n) is 4.40. The van der Waals surface area contributed by atoms with Crippen molar-refractivity contribution in [2.24, 2.45) is 5.41 Å². The minimum Gasteiger partial charge on any atom is -0.386 e. The molecule has 0 radical (unpaired) electrons. The number of carbonyl (C=O) groups is 1. The van der Waals surface area contributed by atoms with Gasteiger partial charge in [-0.05, 0) is 37.5 Å². The molecule has 0 saturated heterocycles. The molecule has 0 aromatic heterocycles. The minimum atomic E-state index is -0.938. The lowest BCUT2D eigenvalue weighted by atomic mass is 9.74. The van der Waals surface area contributed by atoms with Gasteiger partial charge in [-0.3, -0.25) is 4.79 Å². The Labute approximate surface area is 136 Å². The number of carbonyl (C=O) groups excluding carboxylic acids is 1. The third-order valence-corrected chi connectivity index (χ3v) is 4.65. The average molecular weight is 321 g/mol. The molecule has 4 nitrogen and oxygen atoms in total. The topological polar surface area (TPSA) is 73.1 Å². The number of nitrogens with one attached hydrogen (secondary N) is 1. The molecule has 1 saturated carbocycles. The lowest BCUT2D eigenvalue weighted by Gasteiger charge is -2.31. The van der Waals surface area contributed by atoms with E-state index in [0.29, 0.717) is 23.4 Å². The molecule has 2 N–H and O–H groups in total. The normalized spacial score (nSPS) is 19.7. The van der Waals surface area contributed by atoms with Crippen molar-refractivity contribution in [1.82, 2.24) is 5.32 Å². The first-order chi connectivity index (χ1) is 10.5. The van der Waals surface area contributed by atoms with Crippen LogP contribution in [0.15, 0.2) is 24.3 Å². The Balaban J connectivity index is 2.04. The Morgan fingerprint density at radius 3 is 2.45 bits per heavy atom. The molecule has 2 atom stereocenters. The predicted octanol–water partition coefficient (Wildman–Crippen LogP) is 3.35. The van der Waals surface area contributed by atoms with Crippen LogP contribution in [-0.2, 0) is 4.79 Å². The Bertz CT molecular complexity index is 559. The van der Waals surface area contributed by atoms with E-state index in [2.05, 4.69) is 11.4 Å². The number of rotatable bonds is 4. The first-order valence-corrected chi connectivity index (χ1v) is 8.02. The molecular weight excluding hydrogens is 300 g/mol. The van der Waals surface area contributed by atoms with E-state index in [-0.39, 0.29) is 5.91 Å². The van der Waals surface area contributed by atoms with Crippen LogP contribution >= 0.6 is 11.6 Å². The fourth-order valence-corrected chi connectivity index (χ4v) is 3.04. The molecule has 22 heavy (non-hydrogen) atoms. The Morgan fingerprint density at radius 2 is 1.91 bits per heavy atom. The summed E-state index contributed by atoms with van der Waals surface area (Å²) in [6.45, 7) is 1.74. The summed E-state index contributed by atoms with van der Waals surface area (Å²) in [5.74, 6) is -0.268. The molecule has 1 aliphatic carbocycles. The van der Waals surface area contributed by atoms with Crippen molar-refractivity contribution in [3.63, 3.8) is 0 Å². The maximum absolute atomic E-state index is 12.5. The second-order valence-corrected chi connectivity index (χ2v) is 6.45. The van der Waals surface area contributed by atoms with Crippen molar-refractivity contribution in [2.75, 3.05) is 0 Å². The number of aliphatic hydroxyl groups is 1. The zero-order chi connectivity index (χ0) is 16.2. The van der Waals surface area contributed by atoms with Crippen molar-refractivity contribution in [3.05, 3.63) is 34.9 Å². The molecule has 0 aliphatic heterocycles. The van der Waals surface area contributed by atoms with Gasteiger partial charge in [-0.2, -0.15) is 5.26 Å². The van der Waals surface area contributed by atoms with Crippen LogP contribution in [0, 0.1) is 16.7 Å². The highest BCUT2D eigenvalue weighted by atomic mass is 35.5. The van der Waals surface area contributed by atoms with E-state index in [1.54, 1.807) is 31.2 Å².